The average molecular weight is 726 g/mol. The maximum Gasteiger partial charge on any atom is 0.198 e. The van der Waals surface area contributed by atoms with Gasteiger partial charge >= 0.3 is 0 Å². The highest BCUT2D eigenvalue weighted by atomic mass is 16.3. The lowest BCUT2D eigenvalue weighted by Gasteiger charge is -2.26. The van der Waals surface area contributed by atoms with Gasteiger partial charge in [0.1, 0.15) is 22.3 Å². The molecule has 0 unspecified atom stereocenters. The molecule has 0 spiro atoms. The molecule has 1 radical (unpaired) electrons. The van der Waals surface area contributed by atoms with Gasteiger partial charge in [-0.1, -0.05) is 108 Å². The second-order valence-electron chi connectivity index (χ2n) is 17.8. The summed E-state index contributed by atoms with van der Waals surface area (Å²) in [6.45, 7) is 15.9. The molecule has 4 nitrogen and oxygen atoms in total. The first-order chi connectivity index (χ1) is 26.9. The molecule has 0 saturated carbocycles. The van der Waals surface area contributed by atoms with Gasteiger partial charge in [0.2, 0.25) is 0 Å². The Bertz CT molecular complexity index is 3270. The summed E-state index contributed by atoms with van der Waals surface area (Å²) in [6, 6.07) is 44.1. The van der Waals surface area contributed by atoms with Gasteiger partial charge < -0.3 is 18.7 Å². The summed E-state index contributed by atoms with van der Waals surface area (Å²) in [5, 5.41) is 10.9. The minimum atomic E-state index is -0.0347. The molecule has 0 amide bonds. The third kappa shape index (κ3) is 4.86. The molecule has 1 aliphatic rings. The van der Waals surface area contributed by atoms with Crippen molar-refractivity contribution in [1.82, 2.24) is 4.57 Å². The Hall–Kier alpha value is -6.20. The number of anilines is 2. The molecule has 11 rings (SSSR count). The highest BCUT2D eigenvalue weighted by molar-refractivity contribution is 6.73. The Morgan fingerprint density at radius 3 is 1.86 bits per heavy atom. The maximum atomic E-state index is 6.53. The number of aromatic nitrogens is 1. The second-order valence-corrected chi connectivity index (χ2v) is 17.8. The molecule has 5 heteroatoms. The number of aryl methyl sites for hydroxylation is 1. The largest absolute Gasteiger partial charge is 0.456 e. The van der Waals surface area contributed by atoms with Crippen molar-refractivity contribution in [1.29, 1.82) is 0 Å². The van der Waals surface area contributed by atoms with E-state index < -0.39 is 0 Å². The van der Waals surface area contributed by atoms with E-state index in [1.807, 2.05) is 12.1 Å². The van der Waals surface area contributed by atoms with Crippen LogP contribution in [-0.4, -0.2) is 11.8 Å². The van der Waals surface area contributed by atoms with Gasteiger partial charge in [0.05, 0.1) is 5.52 Å². The number of hydrogen-bond acceptors (Lipinski definition) is 3. The molecule has 3 aromatic heterocycles. The van der Waals surface area contributed by atoms with E-state index in [0.29, 0.717) is 0 Å². The van der Waals surface area contributed by atoms with Crippen molar-refractivity contribution in [3.8, 4) is 16.8 Å². The normalized spacial score (nSPS) is 13.1. The first kappa shape index (κ1) is 33.2. The van der Waals surface area contributed by atoms with Crippen molar-refractivity contribution in [2.75, 3.05) is 5.32 Å². The predicted octanol–water partition coefficient (Wildman–Crippen LogP) is 12.9. The highest BCUT2D eigenvalue weighted by Gasteiger charge is 2.30. The zero-order valence-electron chi connectivity index (χ0n) is 32.9. The lowest BCUT2D eigenvalue weighted by atomic mass is 9.58. The van der Waals surface area contributed by atoms with Crippen molar-refractivity contribution >= 4 is 95.3 Å². The summed E-state index contributed by atoms with van der Waals surface area (Å²) in [4.78, 5) is 0. The van der Waals surface area contributed by atoms with Crippen LogP contribution in [0.5, 0.6) is 0 Å². The number of hydrogen-bond donors (Lipinski definition) is 1. The van der Waals surface area contributed by atoms with E-state index in [0.717, 1.165) is 71.9 Å². The first-order valence-electron chi connectivity index (χ1n) is 19.7. The van der Waals surface area contributed by atoms with Crippen molar-refractivity contribution in [3.63, 3.8) is 0 Å². The van der Waals surface area contributed by atoms with Crippen LogP contribution in [0.15, 0.2) is 130 Å². The summed E-state index contributed by atoms with van der Waals surface area (Å²) in [5.41, 5.74) is 17.8. The molecule has 56 heavy (non-hydrogen) atoms. The Morgan fingerprint density at radius 2 is 1.18 bits per heavy atom. The lowest BCUT2D eigenvalue weighted by molar-refractivity contribution is 0.590. The monoisotopic (exact) mass is 725 g/mol. The predicted molar refractivity (Wildman–Crippen MR) is 238 cm³/mol. The number of benzene rings is 7. The van der Waals surface area contributed by atoms with Gasteiger partial charge in [-0.3, -0.25) is 0 Å². The fourth-order valence-electron chi connectivity index (χ4n) is 9.07. The minimum absolute atomic E-state index is 0.0347. The van der Waals surface area contributed by atoms with Gasteiger partial charge in [0.25, 0.3) is 0 Å². The van der Waals surface area contributed by atoms with Gasteiger partial charge in [-0.25, -0.2) is 0 Å². The van der Waals surface area contributed by atoms with Crippen LogP contribution >= 0.6 is 0 Å². The van der Waals surface area contributed by atoms with Crippen LogP contribution in [-0.2, 0) is 10.8 Å². The number of rotatable bonds is 3. The smallest absolute Gasteiger partial charge is 0.198 e. The molecule has 1 aliphatic heterocycles. The molecule has 7 aromatic carbocycles. The molecule has 0 aliphatic carbocycles. The Kier molecular flexibility index (Phi) is 6.77. The molecule has 10 aromatic rings. The molecule has 0 bridgehead atoms. The van der Waals surface area contributed by atoms with Crippen molar-refractivity contribution in [2.24, 2.45) is 0 Å². The zero-order valence-corrected chi connectivity index (χ0v) is 32.9. The Balaban J connectivity index is 1.22. The van der Waals surface area contributed by atoms with Gasteiger partial charge in [-0.2, -0.15) is 0 Å². The quantitative estimate of drug-likeness (QED) is 0.184. The summed E-state index contributed by atoms with van der Waals surface area (Å²) >= 11 is 0. The van der Waals surface area contributed by atoms with E-state index in [-0.39, 0.29) is 10.8 Å². The second kappa shape index (κ2) is 11.4. The number of nitrogens with zero attached hydrogens (tertiary/aromatic N) is 1. The van der Waals surface area contributed by atoms with E-state index in [1.165, 1.54) is 49.6 Å². The van der Waals surface area contributed by atoms with E-state index in [4.69, 9.17) is 8.83 Å². The molecule has 0 saturated heterocycles. The van der Waals surface area contributed by atoms with Crippen LogP contribution in [0.3, 0.4) is 0 Å². The number of fused-ring (bicyclic) bond motifs is 11. The van der Waals surface area contributed by atoms with Crippen LogP contribution in [0.4, 0.5) is 11.4 Å². The van der Waals surface area contributed by atoms with E-state index in [9.17, 15) is 0 Å². The van der Waals surface area contributed by atoms with Crippen molar-refractivity contribution < 1.29 is 8.83 Å². The summed E-state index contributed by atoms with van der Waals surface area (Å²) in [6.07, 6.45) is 0. The van der Waals surface area contributed by atoms with Crippen LogP contribution < -0.4 is 16.2 Å². The lowest BCUT2D eigenvalue weighted by Crippen LogP contribution is -2.37. The van der Waals surface area contributed by atoms with E-state index in [1.54, 1.807) is 0 Å². The van der Waals surface area contributed by atoms with Gasteiger partial charge in [0.15, 0.2) is 7.28 Å². The third-order valence-corrected chi connectivity index (χ3v) is 12.0. The minimum Gasteiger partial charge on any atom is -0.456 e. The zero-order chi connectivity index (χ0) is 38.2. The van der Waals surface area contributed by atoms with Gasteiger partial charge in [0, 0.05) is 66.5 Å². The van der Waals surface area contributed by atoms with Gasteiger partial charge in [-0.05, 0) is 100 Å². The number of furan rings is 2. The highest BCUT2D eigenvalue weighted by Crippen LogP contribution is 2.44. The molecule has 1 N–H and O–H groups in total. The van der Waals surface area contributed by atoms with Gasteiger partial charge in [-0.15, -0.1) is 0 Å². The van der Waals surface area contributed by atoms with Crippen LogP contribution in [0.1, 0.15) is 58.2 Å². The Morgan fingerprint density at radius 1 is 0.554 bits per heavy atom. The molecular formula is C51H42BN2O2. The topological polar surface area (TPSA) is 43.2 Å². The molecule has 271 valence electrons. The van der Waals surface area contributed by atoms with Crippen LogP contribution in [0.25, 0.3) is 82.5 Å². The molecule has 0 atom stereocenters. The molecule has 4 heterocycles. The van der Waals surface area contributed by atoms with Crippen molar-refractivity contribution in [3.05, 3.63) is 138 Å². The van der Waals surface area contributed by atoms with E-state index >= 15 is 0 Å². The van der Waals surface area contributed by atoms with E-state index in [2.05, 4.69) is 175 Å². The average Bonchev–Trinajstić information content (AvgIpc) is 3.83. The molecular weight excluding hydrogens is 683 g/mol. The fraction of sp³-hybridized carbons (Fsp3) is 0.176. The first-order valence-corrected chi connectivity index (χ1v) is 19.7. The summed E-state index contributed by atoms with van der Waals surface area (Å²) in [7, 11) is 2.39. The number of para-hydroxylation sites is 2. The number of nitrogens with one attached hydrogen (secondary N) is 1. The van der Waals surface area contributed by atoms with Crippen LogP contribution in [0.2, 0.25) is 0 Å². The Labute approximate surface area is 327 Å². The standard InChI is InChI=1S/C51H42BN2O2/c1-28-22-37(34-23-30(51(5,6)7)18-21-40(34)53-31-19-16-29(17-20-31)50(2,3)4)48-49-47(28)38-24-35-32-12-8-10-14-43(32)56-46(35)27-41(38)54(49)42-25-36-33-13-9-11-15-44(33)55-45(36)26-39(42)52-48/h8-27,53H,1-7H3. The third-order valence-electron chi connectivity index (χ3n) is 12.0. The summed E-state index contributed by atoms with van der Waals surface area (Å²) in [5.74, 6) is 0. The maximum absolute atomic E-state index is 6.53. The van der Waals surface area contributed by atoms with Crippen LogP contribution in [0, 0.1) is 6.92 Å². The summed E-state index contributed by atoms with van der Waals surface area (Å²) < 4.78 is 15.5. The molecule has 0 fully saturated rings. The SMILES string of the molecule is Cc1cc(-c2cc(C(C)(C)C)ccc2Nc2ccc(C(C)(C)C)cc2)c2c3c1c1cc4c(cc1n3-c1cc3c(cc1[B]2)oc1ccccc13)oc1ccccc14. The van der Waals surface area contributed by atoms with Crippen molar-refractivity contribution in [2.45, 2.75) is 59.3 Å². The fourth-order valence-corrected chi connectivity index (χ4v) is 9.07.